The van der Waals surface area contributed by atoms with Crippen LogP contribution in [0.15, 0.2) is 27.2 Å². The van der Waals surface area contributed by atoms with Crippen molar-refractivity contribution in [1.29, 1.82) is 5.26 Å². The molecule has 2 rings (SSSR count). The van der Waals surface area contributed by atoms with Crippen molar-refractivity contribution in [3.8, 4) is 6.07 Å². The third-order valence-corrected chi connectivity index (χ3v) is 3.86. The minimum absolute atomic E-state index is 0.00466. The standard InChI is InChI=1S/C13H13N3O3S/c1-7-2-3-10(19-7)8-4-12(18)16-13(9(8)5-14)20-6-11(15)17/h2-3,8H,4,6H2,1H3,(H2,15,17)(H,16,18). The van der Waals surface area contributed by atoms with Gasteiger partial charge in [-0.2, -0.15) is 5.26 Å². The van der Waals surface area contributed by atoms with Gasteiger partial charge in [0.2, 0.25) is 11.8 Å². The van der Waals surface area contributed by atoms with Gasteiger partial charge in [0.25, 0.3) is 0 Å². The molecule has 20 heavy (non-hydrogen) atoms. The van der Waals surface area contributed by atoms with Crippen LogP contribution in [-0.4, -0.2) is 17.6 Å². The lowest BCUT2D eigenvalue weighted by Gasteiger charge is -2.23. The Balaban J connectivity index is 2.35. The quantitative estimate of drug-likeness (QED) is 0.864. The van der Waals surface area contributed by atoms with Gasteiger partial charge in [0.15, 0.2) is 0 Å². The zero-order chi connectivity index (χ0) is 14.7. The topological polar surface area (TPSA) is 109 Å². The molecule has 3 N–H and O–H groups in total. The molecule has 104 valence electrons. The second-order valence-electron chi connectivity index (χ2n) is 4.36. The monoisotopic (exact) mass is 291 g/mol. The van der Waals surface area contributed by atoms with Gasteiger partial charge in [-0.1, -0.05) is 11.8 Å². The van der Waals surface area contributed by atoms with Crippen molar-refractivity contribution in [3.05, 3.63) is 34.3 Å². The van der Waals surface area contributed by atoms with Gasteiger partial charge in [-0.3, -0.25) is 9.59 Å². The summed E-state index contributed by atoms with van der Waals surface area (Å²) in [6.45, 7) is 1.80. The number of aryl methyl sites for hydroxylation is 1. The molecule has 1 unspecified atom stereocenters. The summed E-state index contributed by atoms with van der Waals surface area (Å²) in [6.07, 6.45) is 0.149. The highest BCUT2D eigenvalue weighted by Gasteiger charge is 2.31. The van der Waals surface area contributed by atoms with E-state index in [1.54, 1.807) is 19.1 Å². The van der Waals surface area contributed by atoms with Gasteiger partial charge in [-0.15, -0.1) is 0 Å². The van der Waals surface area contributed by atoms with E-state index in [0.717, 1.165) is 17.5 Å². The molecule has 1 aliphatic heterocycles. The van der Waals surface area contributed by atoms with Crippen molar-refractivity contribution in [2.24, 2.45) is 5.73 Å². The van der Waals surface area contributed by atoms with Crippen LogP contribution in [0.3, 0.4) is 0 Å². The Kier molecular flexibility index (Phi) is 4.15. The summed E-state index contributed by atoms with van der Waals surface area (Å²) in [5.41, 5.74) is 5.48. The number of amides is 2. The molecule has 6 nitrogen and oxygen atoms in total. The predicted molar refractivity (Wildman–Crippen MR) is 73.2 cm³/mol. The van der Waals surface area contributed by atoms with Gasteiger partial charge in [-0.25, -0.2) is 0 Å². The lowest BCUT2D eigenvalue weighted by Crippen LogP contribution is -2.31. The largest absolute Gasteiger partial charge is 0.466 e. The van der Waals surface area contributed by atoms with Crippen LogP contribution >= 0.6 is 11.8 Å². The van der Waals surface area contributed by atoms with Crippen molar-refractivity contribution in [3.63, 3.8) is 0 Å². The molecule has 2 amide bonds. The number of rotatable bonds is 4. The third-order valence-electron chi connectivity index (χ3n) is 2.82. The maximum Gasteiger partial charge on any atom is 0.227 e. The summed E-state index contributed by atoms with van der Waals surface area (Å²) >= 11 is 1.06. The second-order valence-corrected chi connectivity index (χ2v) is 5.35. The molecule has 1 aromatic heterocycles. The highest BCUT2D eigenvalue weighted by Crippen LogP contribution is 2.36. The smallest absolute Gasteiger partial charge is 0.227 e. The highest BCUT2D eigenvalue weighted by atomic mass is 32.2. The molecule has 0 aromatic carbocycles. The van der Waals surface area contributed by atoms with Crippen molar-refractivity contribution in [2.75, 3.05) is 5.75 Å². The number of hydrogen-bond acceptors (Lipinski definition) is 5. The minimum Gasteiger partial charge on any atom is -0.466 e. The van der Waals surface area contributed by atoms with Crippen LogP contribution < -0.4 is 11.1 Å². The average Bonchev–Trinajstić information content (AvgIpc) is 2.82. The van der Waals surface area contributed by atoms with Crippen LogP contribution in [0.1, 0.15) is 23.9 Å². The van der Waals surface area contributed by atoms with Crippen molar-refractivity contribution in [2.45, 2.75) is 19.3 Å². The molecular weight excluding hydrogens is 278 g/mol. The SMILES string of the molecule is Cc1ccc(C2CC(=O)NC(SCC(N)=O)=C2C#N)o1. The number of nitriles is 1. The molecule has 0 radical (unpaired) electrons. The summed E-state index contributed by atoms with van der Waals surface area (Å²) in [7, 11) is 0. The first-order valence-electron chi connectivity index (χ1n) is 5.92. The molecule has 7 heteroatoms. The van der Waals surface area contributed by atoms with Gasteiger partial charge in [0, 0.05) is 6.42 Å². The first kappa shape index (κ1) is 14.2. The van der Waals surface area contributed by atoms with Gasteiger partial charge >= 0.3 is 0 Å². The van der Waals surface area contributed by atoms with E-state index < -0.39 is 11.8 Å². The molecule has 1 aromatic rings. The zero-order valence-corrected chi connectivity index (χ0v) is 11.6. The molecule has 0 bridgehead atoms. The lowest BCUT2D eigenvalue weighted by atomic mass is 9.92. The van der Waals surface area contributed by atoms with E-state index >= 15 is 0 Å². The van der Waals surface area contributed by atoms with E-state index in [0.29, 0.717) is 16.4 Å². The first-order chi connectivity index (χ1) is 9.51. The number of allylic oxidation sites excluding steroid dienone is 1. The predicted octanol–water partition coefficient (Wildman–Crippen LogP) is 1.15. The molecule has 0 saturated carbocycles. The van der Waals surface area contributed by atoms with E-state index in [1.807, 2.05) is 0 Å². The van der Waals surface area contributed by atoms with Crippen LogP contribution in [0.5, 0.6) is 0 Å². The summed E-state index contributed by atoms with van der Waals surface area (Å²) in [6, 6.07) is 5.63. The number of carbonyl (C=O) groups excluding carboxylic acids is 2. The Hall–Kier alpha value is -2.20. The summed E-state index contributed by atoms with van der Waals surface area (Å²) in [5, 5.41) is 12.3. The molecule has 1 atom stereocenters. The van der Waals surface area contributed by atoms with Crippen molar-refractivity contribution < 1.29 is 14.0 Å². The van der Waals surface area contributed by atoms with Crippen LogP contribution in [0.2, 0.25) is 0 Å². The molecular formula is C13H13N3O3S. The minimum atomic E-state index is -0.509. The Morgan fingerprint density at radius 3 is 2.95 bits per heavy atom. The number of primary amides is 1. The fraction of sp³-hybridized carbons (Fsp3) is 0.308. The van der Waals surface area contributed by atoms with E-state index in [1.165, 1.54) is 0 Å². The van der Waals surface area contributed by atoms with Crippen molar-refractivity contribution in [1.82, 2.24) is 5.32 Å². The number of thioether (sulfide) groups is 1. The molecule has 0 saturated heterocycles. The summed E-state index contributed by atoms with van der Waals surface area (Å²) in [4.78, 5) is 22.6. The zero-order valence-electron chi connectivity index (χ0n) is 10.8. The Morgan fingerprint density at radius 1 is 1.65 bits per heavy atom. The fourth-order valence-corrected chi connectivity index (χ4v) is 2.78. The van der Waals surface area contributed by atoms with E-state index in [4.69, 9.17) is 10.2 Å². The van der Waals surface area contributed by atoms with E-state index in [9.17, 15) is 14.9 Å². The number of furan rings is 1. The van der Waals surface area contributed by atoms with Gasteiger partial charge in [0.05, 0.1) is 28.3 Å². The molecule has 1 aliphatic rings. The number of nitrogens with two attached hydrogens (primary N) is 1. The second kappa shape index (κ2) is 5.84. The van der Waals surface area contributed by atoms with Gasteiger partial charge in [-0.05, 0) is 19.1 Å². The molecule has 0 spiro atoms. The van der Waals surface area contributed by atoms with Gasteiger partial charge < -0.3 is 15.5 Å². The number of carbonyl (C=O) groups is 2. The first-order valence-corrected chi connectivity index (χ1v) is 6.91. The molecule has 0 aliphatic carbocycles. The maximum absolute atomic E-state index is 11.7. The number of hydrogen-bond donors (Lipinski definition) is 2. The molecule has 0 fully saturated rings. The molecule has 2 heterocycles. The van der Waals surface area contributed by atoms with E-state index in [2.05, 4.69) is 11.4 Å². The summed E-state index contributed by atoms with van der Waals surface area (Å²) < 4.78 is 5.51. The van der Waals surface area contributed by atoms with E-state index in [-0.39, 0.29) is 18.1 Å². The fourth-order valence-electron chi connectivity index (χ4n) is 1.96. The van der Waals surface area contributed by atoms with Crippen LogP contribution in [0, 0.1) is 18.3 Å². The Bertz CT molecular complexity index is 627. The van der Waals surface area contributed by atoms with Crippen LogP contribution in [0.4, 0.5) is 0 Å². The highest BCUT2D eigenvalue weighted by molar-refractivity contribution is 8.03. The summed E-state index contributed by atoms with van der Waals surface area (Å²) in [5.74, 6) is 0.156. The lowest BCUT2D eigenvalue weighted by molar-refractivity contribution is -0.121. The number of nitrogens with one attached hydrogen (secondary N) is 1. The van der Waals surface area contributed by atoms with Gasteiger partial charge in [0.1, 0.15) is 11.5 Å². The Labute approximate surface area is 120 Å². The average molecular weight is 291 g/mol. The third kappa shape index (κ3) is 3.03. The maximum atomic E-state index is 11.7. The normalized spacial score (nSPS) is 18.6. The van der Waals surface area contributed by atoms with Crippen LogP contribution in [0.25, 0.3) is 0 Å². The van der Waals surface area contributed by atoms with Crippen molar-refractivity contribution >= 4 is 23.6 Å². The Morgan fingerprint density at radius 2 is 2.40 bits per heavy atom. The number of nitrogens with zero attached hydrogens (tertiary/aromatic N) is 1. The van der Waals surface area contributed by atoms with Crippen LogP contribution in [-0.2, 0) is 9.59 Å².